The van der Waals surface area contributed by atoms with Crippen molar-refractivity contribution in [2.75, 3.05) is 7.11 Å². The highest BCUT2D eigenvalue weighted by Crippen LogP contribution is 2.30. The third-order valence-electron chi connectivity index (χ3n) is 2.45. The van der Waals surface area contributed by atoms with E-state index in [0.717, 1.165) is 0 Å². The predicted molar refractivity (Wildman–Crippen MR) is 51.8 cm³/mol. The summed E-state index contributed by atoms with van der Waals surface area (Å²) in [6.45, 7) is 1.37. The van der Waals surface area contributed by atoms with Gasteiger partial charge in [-0.15, -0.1) is 0 Å². The number of alkyl halides is 3. The van der Waals surface area contributed by atoms with Crippen LogP contribution in [0.15, 0.2) is 0 Å². The smallest absolute Gasteiger partial charge is 0.388 e. The monoisotopic (exact) mass is 294 g/mol. The molecule has 0 aliphatic carbocycles. The van der Waals surface area contributed by atoms with Gasteiger partial charge in [-0.25, -0.2) is 0 Å². The highest BCUT2D eigenvalue weighted by molar-refractivity contribution is 7.87. The van der Waals surface area contributed by atoms with Gasteiger partial charge in [-0.2, -0.15) is 21.6 Å². The molecule has 0 spiro atoms. The second-order valence-electron chi connectivity index (χ2n) is 3.77. The Bertz CT molecular complexity index is 381. The second-order valence-corrected chi connectivity index (χ2v) is 5.33. The van der Waals surface area contributed by atoms with E-state index in [0.29, 0.717) is 0 Å². The Morgan fingerprint density at radius 3 is 2.39 bits per heavy atom. The number of methoxy groups -OCH3 is 1. The topological polar surface area (TPSA) is 82.1 Å². The maximum Gasteiger partial charge on any atom is 0.523 e. The maximum absolute atomic E-state index is 12.1. The van der Waals surface area contributed by atoms with Crippen LogP contribution < -0.4 is 0 Å². The molecule has 1 heterocycles. The summed E-state index contributed by atoms with van der Waals surface area (Å²) >= 11 is 0. The summed E-state index contributed by atoms with van der Waals surface area (Å²) < 4.78 is 71.9. The van der Waals surface area contributed by atoms with E-state index < -0.39 is 40.2 Å². The van der Waals surface area contributed by atoms with Crippen LogP contribution in [0.3, 0.4) is 0 Å². The van der Waals surface area contributed by atoms with Gasteiger partial charge in [0.2, 0.25) is 0 Å². The Morgan fingerprint density at radius 1 is 1.39 bits per heavy atom. The van der Waals surface area contributed by atoms with Crippen LogP contribution in [0.2, 0.25) is 0 Å². The zero-order valence-electron chi connectivity index (χ0n) is 9.55. The van der Waals surface area contributed by atoms with Crippen molar-refractivity contribution >= 4 is 10.1 Å². The lowest BCUT2D eigenvalue weighted by Crippen LogP contribution is -2.50. The van der Waals surface area contributed by atoms with E-state index in [9.17, 15) is 26.7 Å². The zero-order valence-corrected chi connectivity index (χ0v) is 10.4. The average molecular weight is 294 g/mol. The molecule has 0 unspecified atom stereocenters. The number of aliphatic hydroxyl groups excluding tert-OH is 1. The van der Waals surface area contributed by atoms with E-state index in [1.54, 1.807) is 0 Å². The molecule has 0 aromatic rings. The van der Waals surface area contributed by atoms with Crippen molar-refractivity contribution in [3.05, 3.63) is 0 Å². The highest BCUT2D eigenvalue weighted by Gasteiger charge is 2.51. The van der Waals surface area contributed by atoms with Gasteiger partial charge in [0.05, 0.1) is 6.10 Å². The first-order valence-electron chi connectivity index (χ1n) is 4.94. The predicted octanol–water partition coefficient (Wildman–Crippen LogP) is 0.363. The Morgan fingerprint density at radius 2 is 1.94 bits per heavy atom. The number of aliphatic hydroxyl groups is 1. The van der Waals surface area contributed by atoms with Gasteiger partial charge in [0.15, 0.2) is 6.29 Å². The average Bonchev–Trinajstić information content (AvgIpc) is 2.22. The van der Waals surface area contributed by atoms with Crippen LogP contribution in [0.25, 0.3) is 0 Å². The standard InChI is InChI=1S/C8H13F3O6S/c1-4-7(12)5(3-6(15-2)16-4)17-18(13,14)8(9,10)11/h4-7,12H,3H2,1-2H3/t4-,5+,6-,7+/m1/s1. The van der Waals surface area contributed by atoms with E-state index in [2.05, 4.69) is 4.18 Å². The molecule has 1 aliphatic heterocycles. The van der Waals surface area contributed by atoms with Crippen molar-refractivity contribution < 1.29 is 40.4 Å². The van der Waals surface area contributed by atoms with Crippen LogP contribution in [0, 0.1) is 0 Å². The summed E-state index contributed by atoms with van der Waals surface area (Å²) in [5.41, 5.74) is -5.53. The lowest BCUT2D eigenvalue weighted by atomic mass is 10.0. The first-order valence-corrected chi connectivity index (χ1v) is 6.35. The number of hydrogen-bond acceptors (Lipinski definition) is 6. The summed E-state index contributed by atoms with van der Waals surface area (Å²) in [5, 5.41) is 9.54. The first-order chi connectivity index (χ1) is 8.08. The Labute approximate surface area is 102 Å². The molecule has 0 aromatic heterocycles. The fourth-order valence-electron chi connectivity index (χ4n) is 1.47. The Hall–Kier alpha value is -0.420. The molecule has 1 N–H and O–H groups in total. The zero-order chi connectivity index (χ0) is 14.1. The van der Waals surface area contributed by atoms with Gasteiger partial charge in [0, 0.05) is 13.5 Å². The third-order valence-corrected chi connectivity index (χ3v) is 3.52. The maximum atomic E-state index is 12.1. The molecule has 1 rings (SSSR count). The number of hydrogen-bond donors (Lipinski definition) is 1. The molecule has 0 saturated carbocycles. The molecule has 0 radical (unpaired) electrons. The quantitative estimate of drug-likeness (QED) is 0.598. The van der Waals surface area contributed by atoms with Gasteiger partial charge in [0.25, 0.3) is 0 Å². The van der Waals surface area contributed by atoms with Gasteiger partial charge in [-0.3, -0.25) is 4.18 Å². The van der Waals surface area contributed by atoms with Crippen LogP contribution >= 0.6 is 0 Å². The van der Waals surface area contributed by atoms with Gasteiger partial charge < -0.3 is 14.6 Å². The minimum atomic E-state index is -5.76. The summed E-state index contributed by atoms with van der Waals surface area (Å²) in [6.07, 6.45) is -5.22. The van der Waals surface area contributed by atoms with E-state index in [4.69, 9.17) is 9.47 Å². The lowest BCUT2D eigenvalue weighted by molar-refractivity contribution is -0.233. The Kier molecular flexibility index (Phi) is 4.60. The SMILES string of the molecule is CO[C@H]1C[C@H](OS(=O)(=O)C(F)(F)F)[C@@H](O)[C@@H](C)O1. The second kappa shape index (κ2) is 5.29. The van der Waals surface area contributed by atoms with Gasteiger partial charge in [0.1, 0.15) is 12.2 Å². The molecule has 1 aliphatic rings. The number of rotatable bonds is 3. The molecule has 0 bridgehead atoms. The highest BCUT2D eigenvalue weighted by atomic mass is 32.2. The fraction of sp³-hybridized carbons (Fsp3) is 1.00. The summed E-state index contributed by atoms with van der Waals surface area (Å²) in [7, 11) is -4.52. The molecule has 1 saturated heterocycles. The number of ether oxygens (including phenoxy) is 2. The fourth-order valence-corrected chi connectivity index (χ4v) is 2.10. The lowest BCUT2D eigenvalue weighted by Gasteiger charge is -2.36. The van der Waals surface area contributed by atoms with Crippen molar-refractivity contribution in [3.8, 4) is 0 Å². The van der Waals surface area contributed by atoms with Crippen molar-refractivity contribution in [2.45, 2.75) is 43.5 Å². The molecular weight excluding hydrogens is 281 g/mol. The van der Waals surface area contributed by atoms with Gasteiger partial charge in [-0.05, 0) is 6.92 Å². The molecule has 1 fully saturated rings. The largest absolute Gasteiger partial charge is 0.523 e. The molecule has 6 nitrogen and oxygen atoms in total. The molecule has 0 aromatic carbocycles. The van der Waals surface area contributed by atoms with Crippen LogP contribution in [0.4, 0.5) is 13.2 Å². The van der Waals surface area contributed by atoms with E-state index in [-0.39, 0.29) is 6.42 Å². The summed E-state index contributed by atoms with van der Waals surface area (Å²) in [5.74, 6) is 0. The van der Waals surface area contributed by atoms with Crippen LogP contribution in [0.5, 0.6) is 0 Å². The normalized spacial score (nSPS) is 34.6. The Balaban J connectivity index is 2.82. The van der Waals surface area contributed by atoms with Gasteiger partial charge in [-0.1, -0.05) is 0 Å². The van der Waals surface area contributed by atoms with Crippen molar-refractivity contribution in [3.63, 3.8) is 0 Å². The van der Waals surface area contributed by atoms with E-state index in [1.165, 1.54) is 14.0 Å². The summed E-state index contributed by atoms with van der Waals surface area (Å²) in [6, 6.07) is 0. The van der Waals surface area contributed by atoms with E-state index >= 15 is 0 Å². The van der Waals surface area contributed by atoms with Gasteiger partial charge >= 0.3 is 15.6 Å². The third kappa shape index (κ3) is 3.32. The minimum Gasteiger partial charge on any atom is -0.388 e. The van der Waals surface area contributed by atoms with Crippen LogP contribution in [-0.2, 0) is 23.8 Å². The van der Waals surface area contributed by atoms with E-state index in [1.807, 2.05) is 0 Å². The van der Waals surface area contributed by atoms with Crippen molar-refractivity contribution in [2.24, 2.45) is 0 Å². The molecular formula is C8H13F3O6S. The number of halogens is 3. The molecule has 4 atom stereocenters. The first kappa shape index (κ1) is 15.6. The van der Waals surface area contributed by atoms with Crippen LogP contribution in [0.1, 0.15) is 13.3 Å². The molecule has 108 valence electrons. The van der Waals surface area contributed by atoms with Crippen molar-refractivity contribution in [1.82, 2.24) is 0 Å². The van der Waals surface area contributed by atoms with Crippen LogP contribution in [-0.4, -0.2) is 50.7 Å². The molecule has 0 amide bonds. The molecule has 18 heavy (non-hydrogen) atoms. The minimum absolute atomic E-state index is 0.322. The summed E-state index contributed by atoms with van der Waals surface area (Å²) in [4.78, 5) is 0. The van der Waals surface area contributed by atoms with Crippen molar-refractivity contribution in [1.29, 1.82) is 0 Å². The molecule has 10 heteroatoms.